The molecule has 1 N–H and O–H groups in total. The normalized spacial score (nSPS) is 12.6. The highest BCUT2D eigenvalue weighted by atomic mass is 32.2. The molecule has 0 aliphatic carbocycles. The molecule has 2 heterocycles. The van der Waals surface area contributed by atoms with Crippen molar-refractivity contribution >= 4 is 34.9 Å². The van der Waals surface area contributed by atoms with E-state index >= 15 is 0 Å². The smallest absolute Gasteiger partial charge is 0.181 e. The van der Waals surface area contributed by atoms with Gasteiger partial charge in [0.25, 0.3) is 0 Å². The van der Waals surface area contributed by atoms with Crippen LogP contribution in [0.4, 0.5) is 0 Å². The number of nitrogens with zero attached hydrogens (tertiary/aromatic N) is 3. The van der Waals surface area contributed by atoms with E-state index in [4.69, 9.17) is 0 Å². The van der Waals surface area contributed by atoms with Gasteiger partial charge < -0.3 is 5.32 Å². The van der Waals surface area contributed by atoms with E-state index in [1.807, 2.05) is 18.5 Å². The van der Waals surface area contributed by atoms with Gasteiger partial charge in [0, 0.05) is 17.8 Å². The molecular weight excluding hydrogens is 296 g/mol. The predicted octanol–water partition coefficient (Wildman–Crippen LogP) is 3.48. The lowest BCUT2D eigenvalue weighted by Gasteiger charge is -2.14. The van der Waals surface area contributed by atoms with Gasteiger partial charge in [-0.2, -0.15) is 0 Å². The molecule has 0 aliphatic heterocycles. The minimum absolute atomic E-state index is 0.286. The summed E-state index contributed by atoms with van der Waals surface area (Å²) >= 11 is 4.81. The van der Waals surface area contributed by atoms with E-state index in [1.165, 1.54) is 5.56 Å². The summed E-state index contributed by atoms with van der Waals surface area (Å²) < 4.78 is 1.92. The van der Waals surface area contributed by atoms with Crippen molar-refractivity contribution in [3.8, 4) is 0 Å². The van der Waals surface area contributed by atoms with Gasteiger partial charge in [0.2, 0.25) is 0 Å². The van der Waals surface area contributed by atoms with Crippen molar-refractivity contribution < 1.29 is 0 Å². The summed E-state index contributed by atoms with van der Waals surface area (Å²) in [5, 5.41) is 12.7. The van der Waals surface area contributed by atoms with Crippen molar-refractivity contribution in [1.29, 1.82) is 0 Å². The first-order valence-corrected chi connectivity index (χ1v) is 8.84. The molecule has 7 heteroatoms. The Morgan fingerprint density at radius 3 is 2.84 bits per heavy atom. The van der Waals surface area contributed by atoms with E-state index in [0.29, 0.717) is 0 Å². The zero-order valence-electron chi connectivity index (χ0n) is 11.1. The summed E-state index contributed by atoms with van der Waals surface area (Å²) in [7, 11) is 0. The van der Waals surface area contributed by atoms with Crippen LogP contribution >= 0.6 is 34.9 Å². The maximum atomic E-state index is 4.47. The van der Waals surface area contributed by atoms with Gasteiger partial charge in [-0.15, -0.1) is 10.2 Å². The van der Waals surface area contributed by atoms with Crippen molar-refractivity contribution in [2.24, 2.45) is 0 Å². The number of hydrogen-bond donors (Lipinski definition) is 1. The number of pyridine rings is 1. The first kappa shape index (κ1) is 14.8. The molecule has 0 bridgehead atoms. The molecule has 0 aromatic carbocycles. The second kappa shape index (κ2) is 7.23. The number of hydrogen-bond acceptors (Lipinski definition) is 7. The Labute approximate surface area is 125 Å². The molecule has 0 saturated carbocycles. The van der Waals surface area contributed by atoms with Gasteiger partial charge >= 0.3 is 0 Å². The van der Waals surface area contributed by atoms with Crippen LogP contribution in [0.3, 0.4) is 0 Å². The minimum Gasteiger partial charge on any atom is -0.310 e. The second-order valence-electron chi connectivity index (χ2n) is 3.82. The van der Waals surface area contributed by atoms with Crippen LogP contribution in [-0.2, 0) is 0 Å². The van der Waals surface area contributed by atoms with E-state index in [1.54, 1.807) is 34.9 Å². The predicted molar refractivity (Wildman–Crippen MR) is 82.1 cm³/mol. The third-order valence-electron chi connectivity index (χ3n) is 2.52. The van der Waals surface area contributed by atoms with Gasteiger partial charge in [0.15, 0.2) is 8.68 Å². The highest BCUT2D eigenvalue weighted by Gasteiger charge is 2.13. The molecule has 1 atom stereocenters. The molecule has 2 rings (SSSR count). The first-order chi connectivity index (χ1) is 9.24. The van der Waals surface area contributed by atoms with Crippen molar-refractivity contribution in [3.63, 3.8) is 0 Å². The van der Waals surface area contributed by atoms with Crippen LogP contribution in [0.25, 0.3) is 0 Å². The maximum Gasteiger partial charge on any atom is 0.181 e. The van der Waals surface area contributed by atoms with E-state index in [-0.39, 0.29) is 6.04 Å². The maximum absolute atomic E-state index is 4.47. The van der Waals surface area contributed by atoms with Crippen molar-refractivity contribution in [2.45, 2.75) is 33.6 Å². The SMILES string of the molecule is CCNC(C)c1cccnc1Sc1nnc(SC)s1. The Bertz CT molecular complexity index is 529. The highest BCUT2D eigenvalue weighted by molar-refractivity contribution is 8.03. The molecule has 0 saturated heterocycles. The summed E-state index contributed by atoms with van der Waals surface area (Å²) in [4.78, 5) is 4.47. The van der Waals surface area contributed by atoms with Crippen molar-refractivity contribution in [1.82, 2.24) is 20.5 Å². The zero-order valence-corrected chi connectivity index (χ0v) is 13.5. The summed E-state index contributed by atoms with van der Waals surface area (Å²) in [6.45, 7) is 5.20. The van der Waals surface area contributed by atoms with Crippen LogP contribution in [0.1, 0.15) is 25.5 Å². The second-order valence-corrected chi connectivity index (χ2v) is 7.08. The van der Waals surface area contributed by atoms with Crippen LogP contribution < -0.4 is 5.32 Å². The molecule has 0 amide bonds. The molecule has 19 heavy (non-hydrogen) atoms. The molecule has 0 radical (unpaired) electrons. The lowest BCUT2D eigenvalue weighted by atomic mass is 10.1. The molecule has 0 aliphatic rings. The van der Waals surface area contributed by atoms with E-state index in [2.05, 4.69) is 40.4 Å². The fraction of sp³-hybridized carbons (Fsp3) is 0.417. The number of nitrogens with one attached hydrogen (secondary N) is 1. The molecule has 0 fully saturated rings. The lowest BCUT2D eigenvalue weighted by Crippen LogP contribution is -2.18. The molecule has 0 spiro atoms. The minimum atomic E-state index is 0.286. The third-order valence-corrected chi connectivity index (χ3v) is 5.51. The highest BCUT2D eigenvalue weighted by Crippen LogP contribution is 2.34. The van der Waals surface area contributed by atoms with Crippen LogP contribution in [0.2, 0.25) is 0 Å². The average Bonchev–Trinajstić information content (AvgIpc) is 2.87. The Hall–Kier alpha value is -0.630. The molecular formula is C12H16N4S3. The summed E-state index contributed by atoms with van der Waals surface area (Å²) in [6, 6.07) is 4.37. The Balaban J connectivity index is 2.19. The van der Waals surface area contributed by atoms with E-state index < -0.39 is 0 Å². The fourth-order valence-corrected chi connectivity index (χ4v) is 4.16. The molecule has 102 valence electrons. The average molecular weight is 312 g/mol. The van der Waals surface area contributed by atoms with Crippen molar-refractivity contribution in [3.05, 3.63) is 23.9 Å². The van der Waals surface area contributed by atoms with Crippen LogP contribution in [0.15, 0.2) is 32.0 Å². The van der Waals surface area contributed by atoms with Gasteiger partial charge in [-0.05, 0) is 37.6 Å². The summed E-state index contributed by atoms with van der Waals surface area (Å²) in [6.07, 6.45) is 3.83. The Morgan fingerprint density at radius 1 is 1.37 bits per heavy atom. The van der Waals surface area contributed by atoms with Crippen LogP contribution in [0.5, 0.6) is 0 Å². The Kier molecular flexibility index (Phi) is 5.62. The standard InChI is InChI=1S/C12H16N4S3/c1-4-13-8(2)9-6-5-7-14-10(9)18-12-16-15-11(17-3)19-12/h5-8,13H,4H2,1-3H3. The van der Waals surface area contributed by atoms with Gasteiger partial charge in [0.05, 0.1) is 0 Å². The zero-order chi connectivity index (χ0) is 13.7. The van der Waals surface area contributed by atoms with Crippen LogP contribution in [-0.4, -0.2) is 28.0 Å². The number of aromatic nitrogens is 3. The van der Waals surface area contributed by atoms with Gasteiger partial charge in [-0.3, -0.25) is 0 Å². The fourth-order valence-electron chi connectivity index (χ4n) is 1.64. The summed E-state index contributed by atoms with van der Waals surface area (Å²) in [5.74, 6) is 0. The molecule has 2 aromatic rings. The van der Waals surface area contributed by atoms with Gasteiger partial charge in [-0.25, -0.2) is 4.98 Å². The quantitative estimate of drug-likeness (QED) is 0.824. The third kappa shape index (κ3) is 3.92. The first-order valence-electron chi connectivity index (χ1n) is 5.98. The van der Waals surface area contributed by atoms with Gasteiger partial charge in [-0.1, -0.05) is 36.1 Å². The Morgan fingerprint density at radius 2 is 2.16 bits per heavy atom. The lowest BCUT2D eigenvalue weighted by molar-refractivity contribution is 0.585. The van der Waals surface area contributed by atoms with Crippen LogP contribution in [0, 0.1) is 0 Å². The van der Waals surface area contributed by atoms with E-state index in [0.717, 1.165) is 20.3 Å². The van der Waals surface area contributed by atoms with E-state index in [9.17, 15) is 0 Å². The topological polar surface area (TPSA) is 50.7 Å². The van der Waals surface area contributed by atoms with Gasteiger partial charge in [0.1, 0.15) is 5.03 Å². The van der Waals surface area contributed by atoms with Crippen molar-refractivity contribution in [2.75, 3.05) is 12.8 Å². The number of rotatable bonds is 6. The molecule has 2 aromatic heterocycles. The monoisotopic (exact) mass is 312 g/mol. The largest absolute Gasteiger partial charge is 0.310 e. The summed E-state index contributed by atoms with van der Waals surface area (Å²) in [5.41, 5.74) is 1.20. The number of thioether (sulfide) groups is 1. The molecule has 4 nitrogen and oxygen atoms in total. The molecule has 1 unspecified atom stereocenters.